The summed E-state index contributed by atoms with van der Waals surface area (Å²) < 4.78 is 10.8. The number of benzene rings is 1. The minimum Gasteiger partial charge on any atom is -0.495 e. The fraction of sp³-hybridized carbons (Fsp3) is 0.600. The Bertz CT molecular complexity index is 426. The van der Waals surface area contributed by atoms with E-state index >= 15 is 0 Å². The highest BCUT2D eigenvalue weighted by Crippen LogP contribution is 2.33. The van der Waals surface area contributed by atoms with Gasteiger partial charge in [-0.1, -0.05) is 6.92 Å². The fourth-order valence-electron chi connectivity index (χ4n) is 2.72. The number of aryl methyl sites for hydroxylation is 1. The molecule has 1 aromatic carbocycles. The molecule has 4 heteroatoms. The van der Waals surface area contributed by atoms with Crippen LogP contribution in [-0.4, -0.2) is 33.4 Å². The molecule has 0 spiro atoms. The lowest BCUT2D eigenvalue weighted by Crippen LogP contribution is -2.37. The summed E-state index contributed by atoms with van der Waals surface area (Å²) in [6.45, 7) is 4.21. The van der Waals surface area contributed by atoms with E-state index in [0.717, 1.165) is 43.8 Å². The Labute approximate surface area is 115 Å². The van der Waals surface area contributed by atoms with Gasteiger partial charge in [-0.3, -0.25) is 0 Å². The van der Waals surface area contributed by atoms with Crippen LogP contribution in [0.25, 0.3) is 0 Å². The van der Waals surface area contributed by atoms with Crippen molar-refractivity contribution in [1.29, 1.82) is 0 Å². The van der Waals surface area contributed by atoms with Crippen LogP contribution in [0.3, 0.4) is 0 Å². The monoisotopic (exact) mass is 264 g/mol. The average Bonchev–Trinajstić information content (AvgIpc) is 2.47. The normalized spacial score (nSPS) is 16.7. The van der Waals surface area contributed by atoms with Gasteiger partial charge < -0.3 is 20.1 Å². The molecule has 1 saturated heterocycles. The molecule has 0 aromatic heterocycles. The number of ether oxygens (including phenoxy) is 2. The van der Waals surface area contributed by atoms with Crippen LogP contribution in [0, 0.1) is 0 Å². The lowest BCUT2D eigenvalue weighted by molar-refractivity contribution is 0.0819. The van der Waals surface area contributed by atoms with Crippen molar-refractivity contribution in [2.75, 3.05) is 37.9 Å². The van der Waals surface area contributed by atoms with Gasteiger partial charge in [-0.15, -0.1) is 0 Å². The van der Waals surface area contributed by atoms with Gasteiger partial charge in [0.2, 0.25) is 0 Å². The third kappa shape index (κ3) is 2.95. The maximum atomic E-state index is 5.99. The smallest absolute Gasteiger partial charge is 0.143 e. The van der Waals surface area contributed by atoms with Crippen LogP contribution >= 0.6 is 0 Å². The van der Waals surface area contributed by atoms with Gasteiger partial charge in [0.15, 0.2) is 0 Å². The predicted molar refractivity (Wildman–Crippen MR) is 79.0 cm³/mol. The van der Waals surface area contributed by atoms with Gasteiger partial charge in [0.1, 0.15) is 5.75 Å². The first-order valence-electron chi connectivity index (χ1n) is 6.93. The summed E-state index contributed by atoms with van der Waals surface area (Å²) in [4.78, 5) is 2.41. The van der Waals surface area contributed by atoms with E-state index in [0.29, 0.717) is 6.10 Å². The van der Waals surface area contributed by atoms with Gasteiger partial charge in [0.25, 0.3) is 0 Å². The summed E-state index contributed by atoms with van der Waals surface area (Å²) >= 11 is 0. The quantitative estimate of drug-likeness (QED) is 0.849. The van der Waals surface area contributed by atoms with E-state index in [-0.39, 0.29) is 0 Å². The summed E-state index contributed by atoms with van der Waals surface area (Å²) in [5.41, 5.74) is 9.24. The first-order valence-corrected chi connectivity index (χ1v) is 6.93. The van der Waals surface area contributed by atoms with Gasteiger partial charge in [-0.2, -0.15) is 0 Å². The Kier molecular flexibility index (Phi) is 4.53. The topological polar surface area (TPSA) is 47.7 Å². The molecule has 0 unspecified atom stereocenters. The van der Waals surface area contributed by atoms with E-state index in [1.54, 1.807) is 14.2 Å². The first kappa shape index (κ1) is 14.0. The second-order valence-electron chi connectivity index (χ2n) is 5.00. The second kappa shape index (κ2) is 6.15. The molecule has 0 saturated carbocycles. The molecule has 0 atom stereocenters. The lowest BCUT2D eigenvalue weighted by Gasteiger charge is -2.34. The van der Waals surface area contributed by atoms with Crippen LogP contribution in [0.2, 0.25) is 0 Å². The van der Waals surface area contributed by atoms with Crippen LogP contribution in [0.4, 0.5) is 11.4 Å². The van der Waals surface area contributed by atoms with Crippen molar-refractivity contribution in [3.8, 4) is 5.75 Å². The number of nitrogens with two attached hydrogens (primary N) is 1. The molecular weight excluding hydrogens is 240 g/mol. The number of anilines is 2. The zero-order chi connectivity index (χ0) is 13.8. The van der Waals surface area contributed by atoms with E-state index in [2.05, 4.69) is 17.9 Å². The fourth-order valence-corrected chi connectivity index (χ4v) is 2.72. The Morgan fingerprint density at radius 3 is 2.47 bits per heavy atom. The van der Waals surface area contributed by atoms with E-state index in [9.17, 15) is 0 Å². The SMILES string of the molecule is CCc1cc(N)c(OC)cc1N1CCC(OC)CC1. The Morgan fingerprint density at radius 1 is 1.26 bits per heavy atom. The molecule has 1 aromatic rings. The van der Waals surface area contributed by atoms with E-state index in [1.807, 2.05) is 6.07 Å². The average molecular weight is 264 g/mol. The molecule has 1 aliphatic rings. The molecule has 2 N–H and O–H groups in total. The first-order chi connectivity index (χ1) is 9.19. The van der Waals surface area contributed by atoms with Crippen molar-refractivity contribution in [1.82, 2.24) is 0 Å². The zero-order valence-electron chi connectivity index (χ0n) is 12.1. The standard InChI is InChI=1S/C15H24N2O2/c1-4-11-9-13(16)15(19-3)10-14(11)17-7-5-12(18-2)6-8-17/h9-10,12H,4-8,16H2,1-3H3. The summed E-state index contributed by atoms with van der Waals surface area (Å²) in [6, 6.07) is 4.11. The van der Waals surface area contributed by atoms with Crippen molar-refractivity contribution >= 4 is 11.4 Å². The summed E-state index contributed by atoms with van der Waals surface area (Å²) in [5, 5.41) is 0. The van der Waals surface area contributed by atoms with Gasteiger partial charge in [-0.25, -0.2) is 0 Å². The third-order valence-corrected chi connectivity index (χ3v) is 3.93. The van der Waals surface area contributed by atoms with E-state index in [1.165, 1.54) is 11.3 Å². The van der Waals surface area contributed by atoms with Crippen molar-refractivity contribution in [3.05, 3.63) is 17.7 Å². The van der Waals surface area contributed by atoms with Gasteiger partial charge in [0.05, 0.1) is 18.9 Å². The number of hydrogen-bond acceptors (Lipinski definition) is 4. The molecule has 1 aliphatic heterocycles. The molecule has 2 rings (SSSR count). The summed E-state index contributed by atoms with van der Waals surface area (Å²) in [6.07, 6.45) is 3.53. The lowest BCUT2D eigenvalue weighted by atomic mass is 10.0. The number of nitrogens with zero attached hydrogens (tertiary/aromatic N) is 1. The minimum absolute atomic E-state index is 0.400. The minimum atomic E-state index is 0.400. The number of methoxy groups -OCH3 is 2. The molecule has 1 fully saturated rings. The molecule has 0 bridgehead atoms. The van der Waals surface area contributed by atoms with Crippen molar-refractivity contribution in [3.63, 3.8) is 0 Å². The third-order valence-electron chi connectivity index (χ3n) is 3.93. The molecule has 1 heterocycles. The summed E-state index contributed by atoms with van der Waals surface area (Å²) in [5.74, 6) is 0.765. The van der Waals surface area contributed by atoms with Crippen LogP contribution in [0.1, 0.15) is 25.3 Å². The highest BCUT2D eigenvalue weighted by molar-refractivity contribution is 5.67. The highest BCUT2D eigenvalue weighted by atomic mass is 16.5. The molecule has 4 nitrogen and oxygen atoms in total. The largest absolute Gasteiger partial charge is 0.495 e. The second-order valence-corrected chi connectivity index (χ2v) is 5.00. The highest BCUT2D eigenvalue weighted by Gasteiger charge is 2.21. The maximum Gasteiger partial charge on any atom is 0.143 e. The van der Waals surface area contributed by atoms with E-state index < -0.39 is 0 Å². The van der Waals surface area contributed by atoms with E-state index in [4.69, 9.17) is 15.2 Å². The van der Waals surface area contributed by atoms with Crippen LogP contribution in [0.5, 0.6) is 5.75 Å². The molecule has 0 radical (unpaired) electrons. The number of nitrogen functional groups attached to an aromatic ring is 1. The predicted octanol–water partition coefficient (Wildman–Crippen LogP) is 2.46. The van der Waals surface area contributed by atoms with Crippen LogP contribution < -0.4 is 15.4 Å². The van der Waals surface area contributed by atoms with Crippen molar-refractivity contribution < 1.29 is 9.47 Å². The summed E-state index contributed by atoms with van der Waals surface area (Å²) in [7, 11) is 3.46. The molecule has 0 amide bonds. The van der Waals surface area contributed by atoms with Crippen molar-refractivity contribution in [2.24, 2.45) is 0 Å². The van der Waals surface area contributed by atoms with Gasteiger partial charge >= 0.3 is 0 Å². The van der Waals surface area contributed by atoms with Gasteiger partial charge in [0, 0.05) is 32.0 Å². The number of piperidine rings is 1. The Hall–Kier alpha value is -1.42. The zero-order valence-corrected chi connectivity index (χ0v) is 12.1. The number of hydrogen-bond donors (Lipinski definition) is 1. The maximum absolute atomic E-state index is 5.99. The molecule has 19 heavy (non-hydrogen) atoms. The Morgan fingerprint density at radius 2 is 1.95 bits per heavy atom. The van der Waals surface area contributed by atoms with Crippen LogP contribution in [-0.2, 0) is 11.2 Å². The molecular formula is C15H24N2O2. The van der Waals surface area contributed by atoms with Crippen LogP contribution in [0.15, 0.2) is 12.1 Å². The van der Waals surface area contributed by atoms with Gasteiger partial charge in [-0.05, 0) is 30.9 Å². The Balaban J connectivity index is 2.23. The molecule has 0 aliphatic carbocycles. The van der Waals surface area contributed by atoms with Crippen molar-refractivity contribution in [2.45, 2.75) is 32.3 Å². The number of rotatable bonds is 4. The molecule has 106 valence electrons.